The van der Waals surface area contributed by atoms with Crippen LogP contribution in [0.2, 0.25) is 0 Å². The molecule has 0 aromatic heterocycles. The van der Waals surface area contributed by atoms with Crippen LogP contribution in [0.25, 0.3) is 0 Å². The first-order valence-corrected chi connectivity index (χ1v) is 6.31. The second kappa shape index (κ2) is 4.81. The molecule has 0 bridgehead atoms. The molecule has 0 radical (unpaired) electrons. The number of hydrogen-bond acceptors (Lipinski definition) is 3. The van der Waals surface area contributed by atoms with E-state index >= 15 is 0 Å². The molecule has 1 heterocycles. The predicted octanol–water partition coefficient (Wildman–Crippen LogP) is 1.23. The maximum Gasteiger partial charge on any atom is 0.0622 e. The molecular formula is C12H24N2O. The summed E-state index contributed by atoms with van der Waals surface area (Å²) < 4.78 is 5.53. The summed E-state index contributed by atoms with van der Waals surface area (Å²) in [6.07, 6.45) is 5.23. The van der Waals surface area contributed by atoms with E-state index in [1.54, 1.807) is 0 Å². The summed E-state index contributed by atoms with van der Waals surface area (Å²) in [7, 11) is 0. The van der Waals surface area contributed by atoms with Crippen LogP contribution in [0.4, 0.5) is 0 Å². The Kier molecular flexibility index (Phi) is 3.65. The third-order valence-corrected chi connectivity index (χ3v) is 4.21. The smallest absolute Gasteiger partial charge is 0.0622 e. The molecular weight excluding hydrogens is 188 g/mol. The molecule has 88 valence electrons. The van der Waals surface area contributed by atoms with Gasteiger partial charge in [0.05, 0.1) is 13.2 Å². The Labute approximate surface area is 93.0 Å². The highest BCUT2D eigenvalue weighted by Gasteiger charge is 2.38. The maximum atomic E-state index is 5.91. The van der Waals surface area contributed by atoms with Crippen LogP contribution in [0, 0.1) is 5.41 Å². The summed E-state index contributed by atoms with van der Waals surface area (Å²) in [4.78, 5) is 2.61. The fourth-order valence-electron chi connectivity index (χ4n) is 2.81. The molecule has 0 amide bonds. The maximum absolute atomic E-state index is 5.91. The lowest BCUT2D eigenvalue weighted by Gasteiger charge is -2.47. The van der Waals surface area contributed by atoms with Crippen molar-refractivity contribution in [3.63, 3.8) is 0 Å². The van der Waals surface area contributed by atoms with E-state index < -0.39 is 0 Å². The van der Waals surface area contributed by atoms with Gasteiger partial charge in [-0.1, -0.05) is 13.3 Å². The Morgan fingerprint density at radius 2 is 2.27 bits per heavy atom. The van der Waals surface area contributed by atoms with Crippen molar-refractivity contribution in [2.75, 3.05) is 32.8 Å². The van der Waals surface area contributed by atoms with Gasteiger partial charge in [-0.05, 0) is 31.2 Å². The molecule has 1 unspecified atom stereocenters. The van der Waals surface area contributed by atoms with Crippen molar-refractivity contribution in [2.24, 2.45) is 11.1 Å². The van der Waals surface area contributed by atoms with Gasteiger partial charge < -0.3 is 10.5 Å². The highest BCUT2D eigenvalue weighted by Crippen LogP contribution is 2.41. The van der Waals surface area contributed by atoms with Gasteiger partial charge in [0.25, 0.3) is 0 Å². The second-order valence-electron chi connectivity index (χ2n) is 5.17. The first kappa shape index (κ1) is 11.4. The minimum atomic E-state index is 0.449. The first-order chi connectivity index (χ1) is 7.29. The van der Waals surface area contributed by atoms with Gasteiger partial charge in [-0.2, -0.15) is 0 Å². The molecule has 1 saturated carbocycles. The molecule has 0 aromatic rings. The molecule has 1 aliphatic carbocycles. The highest BCUT2D eigenvalue weighted by atomic mass is 16.5. The molecule has 3 heteroatoms. The van der Waals surface area contributed by atoms with E-state index in [4.69, 9.17) is 10.5 Å². The van der Waals surface area contributed by atoms with Gasteiger partial charge in [0.15, 0.2) is 0 Å². The third-order valence-electron chi connectivity index (χ3n) is 4.21. The highest BCUT2D eigenvalue weighted by molar-refractivity contribution is 4.93. The van der Waals surface area contributed by atoms with E-state index in [0.29, 0.717) is 11.5 Å². The summed E-state index contributed by atoms with van der Waals surface area (Å²) in [6, 6.07) is 0.628. The Morgan fingerprint density at radius 1 is 1.47 bits per heavy atom. The molecule has 3 nitrogen and oxygen atoms in total. The Bertz CT molecular complexity index is 198. The predicted molar refractivity (Wildman–Crippen MR) is 61.8 cm³/mol. The van der Waals surface area contributed by atoms with Crippen LogP contribution in [0.3, 0.4) is 0 Å². The van der Waals surface area contributed by atoms with E-state index in [1.165, 1.54) is 32.2 Å². The molecule has 1 aliphatic heterocycles. The van der Waals surface area contributed by atoms with E-state index in [0.717, 1.165) is 26.3 Å². The van der Waals surface area contributed by atoms with E-state index in [2.05, 4.69) is 11.8 Å². The van der Waals surface area contributed by atoms with Crippen LogP contribution in [0.5, 0.6) is 0 Å². The molecule has 0 aromatic carbocycles. The van der Waals surface area contributed by atoms with Crippen LogP contribution in [0.15, 0.2) is 0 Å². The number of nitrogens with zero attached hydrogens (tertiary/aromatic N) is 1. The lowest BCUT2D eigenvalue weighted by molar-refractivity contribution is -0.0411. The first-order valence-electron chi connectivity index (χ1n) is 6.31. The van der Waals surface area contributed by atoms with Gasteiger partial charge in [-0.15, -0.1) is 0 Å². The summed E-state index contributed by atoms with van der Waals surface area (Å²) in [5, 5.41) is 0. The summed E-state index contributed by atoms with van der Waals surface area (Å²) in [6.45, 7) is 7.23. The average Bonchev–Trinajstić information content (AvgIpc) is 2.24. The zero-order valence-corrected chi connectivity index (χ0v) is 9.87. The Balaban J connectivity index is 1.90. The minimum absolute atomic E-state index is 0.449. The van der Waals surface area contributed by atoms with Gasteiger partial charge in [0.1, 0.15) is 0 Å². The van der Waals surface area contributed by atoms with Crippen molar-refractivity contribution in [1.82, 2.24) is 4.90 Å². The van der Waals surface area contributed by atoms with Gasteiger partial charge >= 0.3 is 0 Å². The monoisotopic (exact) mass is 212 g/mol. The van der Waals surface area contributed by atoms with Gasteiger partial charge in [-0.25, -0.2) is 0 Å². The van der Waals surface area contributed by atoms with E-state index in [1.807, 2.05) is 0 Å². The number of ether oxygens (including phenoxy) is 1. The van der Waals surface area contributed by atoms with Crippen molar-refractivity contribution in [2.45, 2.75) is 38.6 Å². The topological polar surface area (TPSA) is 38.5 Å². The normalized spacial score (nSPS) is 31.2. The number of morpholine rings is 1. The summed E-state index contributed by atoms with van der Waals surface area (Å²) in [5.74, 6) is 0. The second-order valence-corrected chi connectivity index (χ2v) is 5.17. The quantitative estimate of drug-likeness (QED) is 0.761. The molecule has 1 atom stereocenters. The fourth-order valence-corrected chi connectivity index (χ4v) is 2.81. The third kappa shape index (κ3) is 2.35. The van der Waals surface area contributed by atoms with Crippen LogP contribution < -0.4 is 5.73 Å². The number of rotatable bonds is 4. The number of nitrogens with two attached hydrogens (primary N) is 1. The van der Waals surface area contributed by atoms with Crippen LogP contribution in [-0.2, 0) is 4.74 Å². The molecule has 2 fully saturated rings. The Morgan fingerprint density at radius 3 is 2.80 bits per heavy atom. The average molecular weight is 212 g/mol. The lowest BCUT2D eigenvalue weighted by atomic mass is 9.68. The van der Waals surface area contributed by atoms with E-state index in [9.17, 15) is 0 Å². The van der Waals surface area contributed by atoms with Crippen molar-refractivity contribution >= 4 is 0 Å². The molecule has 2 aliphatic rings. The molecule has 1 saturated heterocycles. The fraction of sp³-hybridized carbons (Fsp3) is 1.00. The number of hydrogen-bond donors (Lipinski definition) is 1. The molecule has 0 spiro atoms. The molecule has 2 N–H and O–H groups in total. The van der Waals surface area contributed by atoms with Crippen molar-refractivity contribution < 1.29 is 4.74 Å². The molecule has 15 heavy (non-hydrogen) atoms. The Hall–Kier alpha value is -0.120. The zero-order chi connectivity index (χ0) is 10.7. The largest absolute Gasteiger partial charge is 0.378 e. The van der Waals surface area contributed by atoms with Crippen molar-refractivity contribution in [3.05, 3.63) is 0 Å². The summed E-state index contributed by atoms with van der Waals surface area (Å²) >= 11 is 0. The van der Waals surface area contributed by atoms with Crippen LogP contribution in [0.1, 0.15) is 32.6 Å². The van der Waals surface area contributed by atoms with Crippen molar-refractivity contribution in [1.29, 1.82) is 0 Å². The summed E-state index contributed by atoms with van der Waals surface area (Å²) in [5.41, 5.74) is 6.36. The van der Waals surface area contributed by atoms with Gasteiger partial charge in [0, 0.05) is 19.1 Å². The van der Waals surface area contributed by atoms with Gasteiger partial charge in [0.2, 0.25) is 0 Å². The SMILES string of the molecule is CCC1COCCN1CC1(CN)CCC1. The minimum Gasteiger partial charge on any atom is -0.378 e. The molecule has 2 rings (SSSR count). The van der Waals surface area contributed by atoms with E-state index in [-0.39, 0.29) is 0 Å². The zero-order valence-electron chi connectivity index (χ0n) is 9.87. The van der Waals surface area contributed by atoms with Crippen molar-refractivity contribution in [3.8, 4) is 0 Å². The van der Waals surface area contributed by atoms with Crippen LogP contribution in [-0.4, -0.2) is 43.8 Å². The standard InChI is InChI=1S/C12H24N2O/c1-2-11-8-15-7-6-14(11)10-12(9-13)4-3-5-12/h11H,2-10,13H2,1H3. The van der Waals surface area contributed by atoms with Gasteiger partial charge in [-0.3, -0.25) is 4.90 Å². The lowest BCUT2D eigenvalue weighted by Crippen LogP contribution is -2.53. The van der Waals surface area contributed by atoms with Crippen LogP contribution >= 0.6 is 0 Å².